The van der Waals surface area contributed by atoms with Gasteiger partial charge in [-0.1, -0.05) is 0 Å². The smallest absolute Gasteiger partial charge is 0.276 e. The summed E-state index contributed by atoms with van der Waals surface area (Å²) in [7, 11) is -3.61. The van der Waals surface area contributed by atoms with Crippen LogP contribution in [0.1, 0.15) is 29.8 Å². The molecule has 0 aliphatic carbocycles. The van der Waals surface area contributed by atoms with Crippen LogP contribution in [0.5, 0.6) is 0 Å². The lowest BCUT2D eigenvalue weighted by Crippen LogP contribution is -2.37. The first-order valence-corrected chi connectivity index (χ1v) is 8.34. The van der Waals surface area contributed by atoms with Crippen LogP contribution in [0.2, 0.25) is 0 Å². The van der Waals surface area contributed by atoms with Gasteiger partial charge in [0, 0.05) is 19.1 Å². The second kappa shape index (κ2) is 5.31. The molecule has 2 aliphatic rings. The van der Waals surface area contributed by atoms with Gasteiger partial charge in [0.1, 0.15) is 0 Å². The van der Waals surface area contributed by atoms with Crippen molar-refractivity contribution in [2.45, 2.75) is 30.4 Å². The third kappa shape index (κ3) is 2.41. The SMILES string of the molecule is O=Cc1ccc(S(=O)(=O)N2CCC(N3CCCC3)C2)o1. The average molecular weight is 298 g/mol. The number of aldehydes is 1. The molecule has 7 heteroatoms. The molecule has 0 spiro atoms. The molecule has 6 nitrogen and oxygen atoms in total. The molecule has 20 heavy (non-hydrogen) atoms. The van der Waals surface area contributed by atoms with E-state index in [0.717, 1.165) is 19.5 Å². The van der Waals surface area contributed by atoms with Crippen molar-refractivity contribution in [3.8, 4) is 0 Å². The number of likely N-dealkylation sites (tertiary alicyclic amines) is 1. The number of sulfonamides is 1. The van der Waals surface area contributed by atoms with E-state index >= 15 is 0 Å². The Morgan fingerprint density at radius 3 is 2.60 bits per heavy atom. The number of carbonyl (C=O) groups excluding carboxylic acids is 1. The second-order valence-electron chi connectivity index (χ2n) is 5.32. The minimum atomic E-state index is -3.61. The van der Waals surface area contributed by atoms with E-state index in [0.29, 0.717) is 25.4 Å². The van der Waals surface area contributed by atoms with E-state index in [1.165, 1.54) is 29.3 Å². The maximum Gasteiger partial charge on any atom is 0.276 e. The highest BCUT2D eigenvalue weighted by Gasteiger charge is 2.37. The van der Waals surface area contributed by atoms with Crippen LogP contribution >= 0.6 is 0 Å². The summed E-state index contributed by atoms with van der Waals surface area (Å²) in [5.41, 5.74) is 0. The normalized spacial score (nSPS) is 25.3. The van der Waals surface area contributed by atoms with E-state index in [1.54, 1.807) is 0 Å². The Kier molecular flexibility index (Phi) is 3.66. The molecule has 110 valence electrons. The number of furan rings is 1. The Hall–Kier alpha value is -1.18. The minimum Gasteiger partial charge on any atom is -0.440 e. The molecular weight excluding hydrogens is 280 g/mol. The average Bonchev–Trinajstić information content (AvgIpc) is 3.18. The number of hydrogen-bond donors (Lipinski definition) is 0. The lowest BCUT2D eigenvalue weighted by molar-refractivity contribution is 0.109. The molecule has 3 rings (SSSR count). The molecule has 1 atom stereocenters. The molecule has 0 bridgehead atoms. The predicted molar refractivity (Wildman–Crippen MR) is 72.1 cm³/mol. The summed E-state index contributed by atoms with van der Waals surface area (Å²) in [6.07, 6.45) is 3.77. The van der Waals surface area contributed by atoms with Crippen LogP contribution in [0.25, 0.3) is 0 Å². The first kappa shape index (κ1) is 13.8. The van der Waals surface area contributed by atoms with Gasteiger partial charge in [0.15, 0.2) is 12.0 Å². The van der Waals surface area contributed by atoms with Crippen LogP contribution in [0.3, 0.4) is 0 Å². The summed E-state index contributed by atoms with van der Waals surface area (Å²) < 4.78 is 31.4. The number of rotatable bonds is 4. The fourth-order valence-corrected chi connectivity index (χ4v) is 4.41. The third-order valence-corrected chi connectivity index (χ3v) is 5.83. The molecule has 0 amide bonds. The molecule has 0 saturated carbocycles. The predicted octanol–water partition coefficient (Wildman–Crippen LogP) is 0.951. The Morgan fingerprint density at radius 1 is 1.20 bits per heavy atom. The Labute approximate surface area is 118 Å². The van der Waals surface area contributed by atoms with Crippen molar-refractivity contribution in [1.29, 1.82) is 0 Å². The van der Waals surface area contributed by atoms with Crippen molar-refractivity contribution in [2.75, 3.05) is 26.2 Å². The van der Waals surface area contributed by atoms with Gasteiger partial charge in [-0.2, -0.15) is 4.31 Å². The first-order chi connectivity index (χ1) is 9.61. The molecule has 2 aliphatic heterocycles. The molecule has 1 aromatic rings. The molecule has 1 unspecified atom stereocenters. The van der Waals surface area contributed by atoms with E-state index < -0.39 is 10.0 Å². The zero-order valence-corrected chi connectivity index (χ0v) is 12.0. The highest BCUT2D eigenvalue weighted by Crippen LogP contribution is 2.26. The van der Waals surface area contributed by atoms with Gasteiger partial charge in [0.05, 0.1) is 0 Å². The van der Waals surface area contributed by atoms with Crippen LogP contribution in [-0.2, 0) is 10.0 Å². The largest absolute Gasteiger partial charge is 0.440 e. The van der Waals surface area contributed by atoms with Gasteiger partial charge in [-0.15, -0.1) is 0 Å². The third-order valence-electron chi connectivity index (χ3n) is 4.10. The molecule has 0 radical (unpaired) electrons. The van der Waals surface area contributed by atoms with Crippen LogP contribution in [0, 0.1) is 0 Å². The summed E-state index contributed by atoms with van der Waals surface area (Å²) in [5.74, 6) is 0.0406. The minimum absolute atomic E-state index is 0.0406. The number of nitrogens with zero attached hydrogens (tertiary/aromatic N) is 2. The lowest BCUT2D eigenvalue weighted by Gasteiger charge is -2.23. The fourth-order valence-electron chi connectivity index (χ4n) is 3.00. The maximum absolute atomic E-state index is 12.4. The van der Waals surface area contributed by atoms with Crippen LogP contribution in [0.15, 0.2) is 21.6 Å². The molecule has 0 aromatic carbocycles. The highest BCUT2D eigenvalue weighted by atomic mass is 32.2. The van der Waals surface area contributed by atoms with E-state index in [1.807, 2.05) is 0 Å². The van der Waals surface area contributed by atoms with Gasteiger partial charge in [0.2, 0.25) is 5.09 Å². The first-order valence-electron chi connectivity index (χ1n) is 6.90. The zero-order valence-electron chi connectivity index (χ0n) is 11.2. The van der Waals surface area contributed by atoms with Crippen LogP contribution in [0.4, 0.5) is 0 Å². The lowest BCUT2D eigenvalue weighted by atomic mass is 10.2. The van der Waals surface area contributed by atoms with Crippen molar-refractivity contribution in [2.24, 2.45) is 0 Å². The molecule has 0 N–H and O–H groups in total. The quantitative estimate of drug-likeness (QED) is 0.774. The monoisotopic (exact) mass is 298 g/mol. The van der Waals surface area contributed by atoms with Crippen LogP contribution < -0.4 is 0 Å². The van der Waals surface area contributed by atoms with Gasteiger partial charge < -0.3 is 4.42 Å². The van der Waals surface area contributed by atoms with Gasteiger partial charge in [-0.25, -0.2) is 8.42 Å². The van der Waals surface area contributed by atoms with Gasteiger partial charge >= 0.3 is 0 Å². The van der Waals surface area contributed by atoms with Crippen molar-refractivity contribution in [1.82, 2.24) is 9.21 Å². The van der Waals surface area contributed by atoms with Gasteiger partial charge in [0.25, 0.3) is 10.0 Å². The highest BCUT2D eigenvalue weighted by molar-refractivity contribution is 7.89. The van der Waals surface area contributed by atoms with E-state index in [4.69, 9.17) is 4.42 Å². The summed E-state index contributed by atoms with van der Waals surface area (Å²) in [6, 6.07) is 3.05. The molecule has 2 saturated heterocycles. The Balaban J connectivity index is 1.74. The summed E-state index contributed by atoms with van der Waals surface area (Å²) in [4.78, 5) is 13.0. The van der Waals surface area contributed by atoms with E-state index in [2.05, 4.69) is 4.90 Å². The van der Waals surface area contributed by atoms with E-state index in [9.17, 15) is 13.2 Å². The number of hydrogen-bond acceptors (Lipinski definition) is 5. The summed E-state index contributed by atoms with van der Waals surface area (Å²) >= 11 is 0. The van der Waals surface area contributed by atoms with E-state index in [-0.39, 0.29) is 10.9 Å². The molecular formula is C13H18N2O4S. The van der Waals surface area contributed by atoms with Crippen molar-refractivity contribution in [3.05, 3.63) is 17.9 Å². The van der Waals surface area contributed by atoms with Crippen molar-refractivity contribution >= 4 is 16.3 Å². The Bertz CT molecular complexity index is 589. The molecule has 3 heterocycles. The van der Waals surface area contributed by atoms with Gasteiger partial charge in [-0.05, 0) is 44.5 Å². The molecule has 1 aromatic heterocycles. The topological polar surface area (TPSA) is 70.8 Å². The second-order valence-corrected chi connectivity index (χ2v) is 7.19. The summed E-state index contributed by atoms with van der Waals surface area (Å²) in [6.45, 7) is 3.16. The van der Waals surface area contributed by atoms with Crippen molar-refractivity contribution < 1.29 is 17.6 Å². The standard InChI is InChI=1S/C13H18N2O4S/c16-10-12-3-4-13(19-12)20(17,18)15-8-5-11(9-15)14-6-1-2-7-14/h3-4,10-11H,1-2,5-9H2. The Morgan fingerprint density at radius 2 is 1.95 bits per heavy atom. The zero-order chi connectivity index (χ0) is 14.2. The fraction of sp³-hybridized carbons (Fsp3) is 0.615. The summed E-state index contributed by atoms with van der Waals surface area (Å²) in [5, 5.41) is -0.137. The molecule has 2 fully saturated rings. The van der Waals surface area contributed by atoms with Crippen LogP contribution in [-0.4, -0.2) is 56.1 Å². The van der Waals surface area contributed by atoms with Gasteiger partial charge in [-0.3, -0.25) is 9.69 Å². The maximum atomic E-state index is 12.4. The number of carbonyl (C=O) groups is 1. The van der Waals surface area contributed by atoms with Crippen molar-refractivity contribution in [3.63, 3.8) is 0 Å².